The van der Waals surface area contributed by atoms with E-state index in [-0.39, 0.29) is 5.82 Å². The van der Waals surface area contributed by atoms with Crippen LogP contribution in [0.4, 0.5) is 4.39 Å². The van der Waals surface area contributed by atoms with E-state index < -0.39 is 0 Å². The molecular weight excluding hydrogens is 407 g/mol. The van der Waals surface area contributed by atoms with Crippen LogP contribution in [-0.4, -0.2) is 36.3 Å². The summed E-state index contributed by atoms with van der Waals surface area (Å²) in [6.07, 6.45) is 9.07. The summed E-state index contributed by atoms with van der Waals surface area (Å²) in [6.45, 7) is 1.85. The molecule has 0 radical (unpaired) electrons. The first-order valence-corrected chi connectivity index (χ1v) is 9.91. The first kappa shape index (κ1) is 19.6. The van der Waals surface area contributed by atoms with E-state index >= 15 is 0 Å². The number of halogens is 1. The van der Waals surface area contributed by atoms with Crippen LogP contribution in [-0.2, 0) is 7.05 Å². The molecule has 0 aliphatic rings. The second kappa shape index (κ2) is 7.71. The molecule has 5 aromatic rings. The van der Waals surface area contributed by atoms with Crippen molar-refractivity contribution in [3.8, 4) is 34.4 Å². The molecule has 0 aliphatic heterocycles. The lowest BCUT2D eigenvalue weighted by Crippen LogP contribution is -1.97. The Bertz CT molecular complexity index is 1510. The third-order valence-electron chi connectivity index (χ3n) is 5.16. The second-order valence-electron chi connectivity index (χ2n) is 7.33. The van der Waals surface area contributed by atoms with Crippen LogP contribution in [0, 0.1) is 24.6 Å². The molecule has 0 unspecified atom stereocenters. The van der Waals surface area contributed by atoms with Gasteiger partial charge in [0.05, 0.1) is 36.3 Å². The number of benzene rings is 1. The average molecular weight is 426 g/mol. The summed E-state index contributed by atoms with van der Waals surface area (Å²) in [5.74, 6) is 6.62. The van der Waals surface area contributed by atoms with Gasteiger partial charge in [-0.25, -0.2) is 13.6 Å². The highest BCUT2D eigenvalue weighted by Crippen LogP contribution is 2.29. The third kappa shape index (κ3) is 3.40. The van der Waals surface area contributed by atoms with Crippen molar-refractivity contribution in [3.63, 3.8) is 0 Å². The van der Waals surface area contributed by atoms with Gasteiger partial charge in [0.2, 0.25) is 0 Å². The Hall–Kier alpha value is -4.38. The smallest absolute Gasteiger partial charge is 0.148 e. The molecule has 7 nitrogen and oxygen atoms in total. The van der Waals surface area contributed by atoms with E-state index in [1.54, 1.807) is 53.1 Å². The SMILES string of the molecule is COc1cc(-c2cnn(C)c2)cn2ncc(C#Cc3cn(-c4ccccc4F)nc3C)c12. The molecule has 0 bridgehead atoms. The standard InChI is InChI=1S/C24H19FN6O/c1-16-18(14-30(28-16)22-7-5-4-6-21(22)25)9-8-17-11-27-31-15-19(10-23(32-3)24(17)31)20-12-26-29(2)13-20/h4-7,10-15H,1-3H3. The zero-order valence-corrected chi connectivity index (χ0v) is 17.7. The minimum Gasteiger partial charge on any atom is -0.494 e. The molecule has 0 saturated heterocycles. The van der Waals surface area contributed by atoms with Crippen LogP contribution in [0.25, 0.3) is 22.3 Å². The summed E-state index contributed by atoms with van der Waals surface area (Å²) in [6, 6.07) is 8.44. The summed E-state index contributed by atoms with van der Waals surface area (Å²) in [7, 11) is 3.49. The van der Waals surface area contributed by atoms with Gasteiger partial charge in [-0.2, -0.15) is 15.3 Å². The van der Waals surface area contributed by atoms with Crippen LogP contribution in [0.1, 0.15) is 16.8 Å². The number of para-hydroxylation sites is 1. The van der Waals surface area contributed by atoms with Gasteiger partial charge in [0.1, 0.15) is 22.8 Å². The normalized spacial score (nSPS) is 10.9. The van der Waals surface area contributed by atoms with Gasteiger partial charge in [0.25, 0.3) is 0 Å². The minimum absolute atomic E-state index is 0.341. The summed E-state index contributed by atoms with van der Waals surface area (Å²) < 4.78 is 24.7. The van der Waals surface area contributed by atoms with E-state index in [4.69, 9.17) is 4.74 Å². The third-order valence-corrected chi connectivity index (χ3v) is 5.16. The van der Waals surface area contributed by atoms with Crippen molar-refractivity contribution in [2.45, 2.75) is 6.92 Å². The maximum atomic E-state index is 14.1. The molecule has 5 rings (SSSR count). The van der Waals surface area contributed by atoms with E-state index in [1.807, 2.05) is 32.4 Å². The molecule has 0 atom stereocenters. The Balaban J connectivity index is 1.54. The van der Waals surface area contributed by atoms with Crippen molar-refractivity contribution in [2.75, 3.05) is 7.11 Å². The van der Waals surface area contributed by atoms with E-state index in [0.29, 0.717) is 22.7 Å². The Morgan fingerprint density at radius 3 is 2.53 bits per heavy atom. The van der Waals surface area contributed by atoms with Gasteiger partial charge in [-0.15, -0.1) is 0 Å². The van der Waals surface area contributed by atoms with Gasteiger partial charge in [0.15, 0.2) is 0 Å². The zero-order valence-electron chi connectivity index (χ0n) is 17.7. The lowest BCUT2D eigenvalue weighted by atomic mass is 10.1. The molecule has 1 aromatic carbocycles. The second-order valence-corrected chi connectivity index (χ2v) is 7.33. The van der Waals surface area contributed by atoms with Crippen molar-refractivity contribution in [1.82, 2.24) is 29.2 Å². The molecule has 4 heterocycles. The summed E-state index contributed by atoms with van der Waals surface area (Å²) in [5, 5.41) is 13.1. The molecule has 158 valence electrons. The van der Waals surface area contributed by atoms with Crippen molar-refractivity contribution in [2.24, 2.45) is 7.05 Å². The summed E-state index contributed by atoms with van der Waals surface area (Å²) >= 11 is 0. The Labute approximate surface area is 183 Å². The largest absolute Gasteiger partial charge is 0.494 e. The Morgan fingerprint density at radius 2 is 1.78 bits per heavy atom. The van der Waals surface area contributed by atoms with Crippen molar-refractivity contribution < 1.29 is 9.13 Å². The number of methoxy groups -OCH3 is 1. The highest BCUT2D eigenvalue weighted by atomic mass is 19.1. The van der Waals surface area contributed by atoms with Gasteiger partial charge < -0.3 is 4.74 Å². The molecule has 0 aliphatic carbocycles. The summed E-state index contributed by atoms with van der Waals surface area (Å²) in [5.41, 5.74) is 5.19. The fourth-order valence-corrected chi connectivity index (χ4v) is 3.54. The lowest BCUT2D eigenvalue weighted by Gasteiger charge is -2.06. The van der Waals surface area contributed by atoms with Crippen LogP contribution in [0.3, 0.4) is 0 Å². The van der Waals surface area contributed by atoms with E-state index in [2.05, 4.69) is 27.1 Å². The fourth-order valence-electron chi connectivity index (χ4n) is 3.54. The highest BCUT2D eigenvalue weighted by Gasteiger charge is 2.13. The first-order chi connectivity index (χ1) is 15.5. The number of ether oxygens (including phenoxy) is 1. The molecule has 8 heteroatoms. The van der Waals surface area contributed by atoms with Crippen molar-refractivity contribution >= 4 is 5.52 Å². The van der Waals surface area contributed by atoms with Gasteiger partial charge in [-0.05, 0) is 25.1 Å². The van der Waals surface area contributed by atoms with Crippen molar-refractivity contribution in [1.29, 1.82) is 0 Å². The topological polar surface area (TPSA) is 62.2 Å². The molecule has 0 fully saturated rings. The van der Waals surface area contributed by atoms with Crippen LogP contribution in [0.2, 0.25) is 0 Å². The summed E-state index contributed by atoms with van der Waals surface area (Å²) in [4.78, 5) is 0. The molecule has 0 spiro atoms. The van der Waals surface area contributed by atoms with Gasteiger partial charge in [-0.1, -0.05) is 24.0 Å². The van der Waals surface area contributed by atoms with Crippen LogP contribution >= 0.6 is 0 Å². The van der Waals surface area contributed by atoms with E-state index in [0.717, 1.165) is 22.2 Å². The predicted molar refractivity (Wildman–Crippen MR) is 118 cm³/mol. The number of aromatic nitrogens is 6. The number of fused-ring (bicyclic) bond motifs is 1. The lowest BCUT2D eigenvalue weighted by molar-refractivity contribution is 0.417. The van der Waals surface area contributed by atoms with Gasteiger partial charge in [-0.3, -0.25) is 4.68 Å². The zero-order chi connectivity index (χ0) is 22.2. The molecular formula is C24H19FN6O. The highest BCUT2D eigenvalue weighted by molar-refractivity contribution is 5.75. The van der Waals surface area contributed by atoms with Gasteiger partial charge >= 0.3 is 0 Å². The number of hydrogen-bond acceptors (Lipinski definition) is 4. The minimum atomic E-state index is -0.341. The average Bonchev–Trinajstić information content (AvgIpc) is 3.50. The molecule has 4 aromatic heterocycles. The quantitative estimate of drug-likeness (QED) is 0.412. The molecule has 0 N–H and O–H groups in total. The Morgan fingerprint density at radius 1 is 0.969 bits per heavy atom. The van der Waals surface area contributed by atoms with Crippen molar-refractivity contribution in [3.05, 3.63) is 84.0 Å². The van der Waals surface area contributed by atoms with Crippen LogP contribution in [0.5, 0.6) is 5.75 Å². The van der Waals surface area contributed by atoms with Gasteiger partial charge in [0, 0.05) is 36.8 Å². The molecule has 0 saturated carbocycles. The molecule has 0 amide bonds. The number of pyridine rings is 1. The maximum Gasteiger partial charge on any atom is 0.148 e. The number of nitrogens with zero attached hydrogens (tertiary/aromatic N) is 6. The maximum absolute atomic E-state index is 14.1. The predicted octanol–water partition coefficient (Wildman–Crippen LogP) is 3.78. The Kier molecular flexibility index (Phi) is 4.71. The fraction of sp³-hybridized carbons (Fsp3) is 0.125. The van der Waals surface area contributed by atoms with E-state index in [9.17, 15) is 4.39 Å². The van der Waals surface area contributed by atoms with Crippen LogP contribution in [0.15, 0.2) is 61.3 Å². The number of aryl methyl sites for hydroxylation is 2. The number of hydrogen-bond donors (Lipinski definition) is 0. The number of rotatable bonds is 3. The van der Waals surface area contributed by atoms with E-state index in [1.165, 1.54) is 10.7 Å². The first-order valence-electron chi connectivity index (χ1n) is 9.91. The monoisotopic (exact) mass is 426 g/mol. The molecule has 32 heavy (non-hydrogen) atoms. The van der Waals surface area contributed by atoms with Crippen LogP contribution < -0.4 is 4.74 Å².